The summed E-state index contributed by atoms with van der Waals surface area (Å²) in [6.07, 6.45) is 1.90. The van der Waals surface area contributed by atoms with Gasteiger partial charge in [-0.15, -0.1) is 10.3 Å². The van der Waals surface area contributed by atoms with Crippen molar-refractivity contribution in [3.8, 4) is 0 Å². The first kappa shape index (κ1) is 54.4. The summed E-state index contributed by atoms with van der Waals surface area (Å²) in [7, 11) is 0. The third-order valence-corrected chi connectivity index (χ3v) is 7.07. The Balaban J connectivity index is 1.85. The summed E-state index contributed by atoms with van der Waals surface area (Å²) in [6.45, 7) is 12.9. The van der Waals surface area contributed by atoms with E-state index in [-0.39, 0.29) is 32.8 Å². The predicted octanol–water partition coefficient (Wildman–Crippen LogP) is -2.84. The molecule has 0 saturated carbocycles. The summed E-state index contributed by atoms with van der Waals surface area (Å²) in [4.78, 5) is 63.1. The lowest BCUT2D eigenvalue weighted by Crippen LogP contribution is -2.45. The molecule has 25 heteroatoms. The highest BCUT2D eigenvalue weighted by Gasteiger charge is 2.10. The summed E-state index contributed by atoms with van der Waals surface area (Å²) in [5.41, 5.74) is 0.430. The second-order valence-corrected chi connectivity index (χ2v) is 12.1. The number of aromatic nitrogens is 3. The van der Waals surface area contributed by atoms with E-state index in [4.69, 9.17) is 47.4 Å². The molecule has 0 unspecified atom stereocenters. The fraction of sp³-hybridized carbons (Fsp3) is 0.778. The molecule has 0 atom stereocenters. The third-order valence-electron chi connectivity index (χ3n) is 7.07. The average molecular weight is 880 g/mol. The van der Waals surface area contributed by atoms with Gasteiger partial charge in [-0.25, -0.2) is 9.48 Å². The van der Waals surface area contributed by atoms with Gasteiger partial charge in [0.05, 0.1) is 145 Å². The van der Waals surface area contributed by atoms with Crippen molar-refractivity contribution in [3.63, 3.8) is 0 Å². The Labute approximate surface area is 355 Å². The molecule has 61 heavy (non-hydrogen) atoms. The van der Waals surface area contributed by atoms with Gasteiger partial charge in [0, 0.05) is 26.4 Å². The SMILES string of the molecule is C=NOCC(=O)NCC(=O)NCC(=O)NCC(=O)NCCNC(=O)OCc1cn(CCOCCOCCOCCOCCOCCOCCOCCOCCOCCC)nn1. The van der Waals surface area contributed by atoms with Crippen LogP contribution in [0.2, 0.25) is 0 Å². The van der Waals surface area contributed by atoms with E-state index in [2.05, 4.69) is 60.5 Å². The Morgan fingerprint density at radius 3 is 1.39 bits per heavy atom. The van der Waals surface area contributed by atoms with Crippen LogP contribution in [-0.2, 0) is 84.5 Å². The standard InChI is InChI=1S/C36H65N9O16/c1-3-7-51-9-11-53-13-15-55-17-19-57-21-23-59-24-22-58-20-18-56-16-14-54-12-10-52-8-6-45-28-31(43-44-45)29-60-36(50)39-5-4-38-32(46)25-40-33(47)26-41-34(48)27-42-35(49)30-61-37-2/h28H,2-27,29-30H2,1H3,(H,38,46)(H,39,50)(H,40,47)(H,41,48)(H,42,49). The molecule has 0 bridgehead atoms. The lowest BCUT2D eigenvalue weighted by atomic mass is 10.4. The number of nitrogens with zero attached hydrogens (tertiary/aromatic N) is 4. The number of hydrogen-bond acceptors (Lipinski definition) is 19. The maximum Gasteiger partial charge on any atom is 0.407 e. The molecule has 1 aromatic heterocycles. The molecule has 25 nitrogen and oxygen atoms in total. The summed E-state index contributed by atoms with van der Waals surface area (Å²) in [5, 5.41) is 22.8. The lowest BCUT2D eigenvalue weighted by Gasteiger charge is -2.09. The van der Waals surface area contributed by atoms with Crippen LogP contribution in [0.4, 0.5) is 4.79 Å². The average Bonchev–Trinajstić information content (AvgIpc) is 3.72. The first-order chi connectivity index (χ1) is 29.8. The van der Waals surface area contributed by atoms with Gasteiger partial charge in [-0.2, -0.15) is 0 Å². The number of oxime groups is 1. The fourth-order valence-corrected chi connectivity index (χ4v) is 4.11. The smallest absolute Gasteiger partial charge is 0.407 e. The second-order valence-electron chi connectivity index (χ2n) is 12.1. The van der Waals surface area contributed by atoms with Crippen LogP contribution in [0.3, 0.4) is 0 Å². The van der Waals surface area contributed by atoms with E-state index >= 15 is 0 Å². The highest BCUT2D eigenvalue weighted by Crippen LogP contribution is 1.97. The van der Waals surface area contributed by atoms with Gasteiger partial charge in [0.25, 0.3) is 5.91 Å². The molecule has 1 aromatic rings. The maximum absolute atomic E-state index is 12.0. The largest absolute Gasteiger partial charge is 0.443 e. The van der Waals surface area contributed by atoms with Crippen molar-refractivity contribution in [3.05, 3.63) is 11.9 Å². The van der Waals surface area contributed by atoms with Crippen LogP contribution in [0.15, 0.2) is 11.4 Å². The highest BCUT2D eigenvalue weighted by atomic mass is 16.6. The molecule has 5 amide bonds. The molecule has 0 fully saturated rings. The Hall–Kier alpha value is -4.60. The molecule has 0 spiro atoms. The van der Waals surface area contributed by atoms with E-state index in [1.165, 1.54) is 0 Å². The highest BCUT2D eigenvalue weighted by molar-refractivity contribution is 5.90. The zero-order chi connectivity index (χ0) is 44.3. The van der Waals surface area contributed by atoms with Crippen molar-refractivity contribution in [1.29, 1.82) is 0 Å². The molecule has 0 radical (unpaired) electrons. The number of ether oxygens (including phenoxy) is 10. The number of alkyl carbamates (subject to hydrolysis) is 1. The van der Waals surface area contributed by atoms with Crippen molar-refractivity contribution >= 4 is 36.4 Å². The summed E-state index contributed by atoms with van der Waals surface area (Å²) < 4.78 is 55.8. The molecule has 1 heterocycles. The van der Waals surface area contributed by atoms with Crippen LogP contribution >= 0.6 is 0 Å². The van der Waals surface area contributed by atoms with Crippen LogP contribution < -0.4 is 26.6 Å². The van der Waals surface area contributed by atoms with Crippen LogP contribution in [-0.4, -0.2) is 210 Å². The van der Waals surface area contributed by atoms with Crippen molar-refractivity contribution in [2.75, 3.05) is 158 Å². The Bertz CT molecular complexity index is 1300. The lowest BCUT2D eigenvalue weighted by molar-refractivity contribution is -0.130. The molecular formula is C36H65N9O16. The summed E-state index contributed by atoms with van der Waals surface area (Å²) in [5.74, 6) is -2.36. The van der Waals surface area contributed by atoms with Gasteiger partial charge in [-0.1, -0.05) is 12.1 Å². The molecule has 5 N–H and O–H groups in total. The third kappa shape index (κ3) is 36.9. The first-order valence-corrected chi connectivity index (χ1v) is 20.0. The van der Waals surface area contributed by atoms with Gasteiger partial charge in [0.15, 0.2) is 6.61 Å². The zero-order valence-corrected chi connectivity index (χ0v) is 35.2. The van der Waals surface area contributed by atoms with Gasteiger partial charge in [0.1, 0.15) is 12.3 Å². The van der Waals surface area contributed by atoms with Gasteiger partial charge >= 0.3 is 6.09 Å². The topological polar surface area (TPSA) is 290 Å². The Morgan fingerprint density at radius 2 is 0.951 bits per heavy atom. The molecule has 0 aliphatic heterocycles. The molecule has 0 aliphatic carbocycles. The maximum atomic E-state index is 12.0. The van der Waals surface area contributed by atoms with Crippen LogP contribution in [0.1, 0.15) is 19.0 Å². The molecule has 1 rings (SSSR count). The first-order valence-electron chi connectivity index (χ1n) is 20.0. The van der Waals surface area contributed by atoms with E-state index in [0.717, 1.165) is 13.0 Å². The van der Waals surface area contributed by atoms with Gasteiger partial charge in [-0.05, 0) is 6.42 Å². The minimum absolute atomic E-state index is 0.0603. The van der Waals surface area contributed by atoms with E-state index in [0.29, 0.717) is 125 Å². The van der Waals surface area contributed by atoms with E-state index in [1.807, 2.05) is 0 Å². The molecule has 0 aromatic carbocycles. The number of carbonyl (C=O) groups is 5. The predicted molar refractivity (Wildman–Crippen MR) is 213 cm³/mol. The monoisotopic (exact) mass is 879 g/mol. The number of nitrogens with one attached hydrogen (secondary N) is 5. The van der Waals surface area contributed by atoms with Gasteiger partial charge in [0.2, 0.25) is 17.7 Å². The van der Waals surface area contributed by atoms with Crippen molar-refractivity contribution in [2.45, 2.75) is 26.5 Å². The van der Waals surface area contributed by atoms with Crippen molar-refractivity contribution in [2.24, 2.45) is 5.16 Å². The molecular weight excluding hydrogens is 814 g/mol. The minimum Gasteiger partial charge on any atom is -0.443 e. The number of carbonyl (C=O) groups excluding carboxylic acids is 5. The Kier molecular flexibility index (Phi) is 36.4. The van der Waals surface area contributed by atoms with Crippen LogP contribution in [0.25, 0.3) is 0 Å². The van der Waals surface area contributed by atoms with Crippen LogP contribution in [0.5, 0.6) is 0 Å². The van der Waals surface area contributed by atoms with Crippen molar-refractivity contribution in [1.82, 2.24) is 41.6 Å². The van der Waals surface area contributed by atoms with Gasteiger partial charge in [-0.3, -0.25) is 19.2 Å². The molecule has 0 saturated heterocycles. The number of amides is 5. The molecule has 0 aliphatic rings. The van der Waals surface area contributed by atoms with Crippen molar-refractivity contribution < 1.29 is 76.2 Å². The van der Waals surface area contributed by atoms with E-state index < -0.39 is 42.9 Å². The summed E-state index contributed by atoms with van der Waals surface area (Å²) in [6, 6.07) is 0. The number of rotatable bonds is 43. The van der Waals surface area contributed by atoms with Gasteiger partial charge < -0.3 is 78.8 Å². The van der Waals surface area contributed by atoms with E-state index in [9.17, 15) is 24.0 Å². The van der Waals surface area contributed by atoms with Crippen LogP contribution in [0, 0.1) is 0 Å². The minimum atomic E-state index is -0.726. The second kappa shape index (κ2) is 40.8. The zero-order valence-electron chi connectivity index (χ0n) is 35.2. The Morgan fingerprint density at radius 1 is 0.557 bits per heavy atom. The quantitative estimate of drug-likeness (QED) is 0.0251. The number of hydrogen-bond donors (Lipinski definition) is 5. The summed E-state index contributed by atoms with van der Waals surface area (Å²) >= 11 is 0. The normalized spacial score (nSPS) is 10.8. The fourth-order valence-electron chi connectivity index (χ4n) is 4.11. The molecule has 350 valence electrons. The van der Waals surface area contributed by atoms with E-state index in [1.54, 1.807) is 10.9 Å².